The number of amides is 1. The van der Waals surface area contributed by atoms with E-state index in [-0.39, 0.29) is 11.5 Å². The molecule has 0 fully saturated rings. The largest absolute Gasteiger partial charge is 0.352 e. The first kappa shape index (κ1) is 16.1. The minimum Gasteiger partial charge on any atom is -0.352 e. The fraction of sp³-hybridized carbons (Fsp3) is 0.375. The van der Waals surface area contributed by atoms with Gasteiger partial charge in [-0.15, -0.1) is 0 Å². The van der Waals surface area contributed by atoms with Crippen LogP contribution in [-0.2, 0) is 6.54 Å². The third-order valence-corrected chi connectivity index (χ3v) is 3.37. The van der Waals surface area contributed by atoms with Crippen LogP contribution in [0.3, 0.4) is 0 Å². The standard InChI is InChI=1S/C16H19F2N3O/c1-10(9-21-12(3)6-11(2)20-21)8-19-16(22)14-5-4-13(17)7-15(14)18/h4-7,10H,8-9H2,1-3H3,(H,19,22). The Balaban J connectivity index is 1.91. The summed E-state index contributed by atoms with van der Waals surface area (Å²) in [7, 11) is 0. The van der Waals surface area contributed by atoms with Crippen molar-refractivity contribution in [3.8, 4) is 0 Å². The molecule has 118 valence electrons. The fourth-order valence-electron chi connectivity index (χ4n) is 2.26. The first-order valence-corrected chi connectivity index (χ1v) is 7.11. The van der Waals surface area contributed by atoms with Crippen LogP contribution in [0.15, 0.2) is 24.3 Å². The smallest absolute Gasteiger partial charge is 0.254 e. The van der Waals surface area contributed by atoms with Gasteiger partial charge in [-0.05, 0) is 38.0 Å². The van der Waals surface area contributed by atoms with Gasteiger partial charge in [0.2, 0.25) is 0 Å². The van der Waals surface area contributed by atoms with Gasteiger partial charge in [-0.1, -0.05) is 6.92 Å². The van der Waals surface area contributed by atoms with E-state index in [2.05, 4.69) is 10.4 Å². The number of carbonyl (C=O) groups excluding carboxylic acids is 1. The number of nitrogens with zero attached hydrogens (tertiary/aromatic N) is 2. The van der Waals surface area contributed by atoms with Crippen molar-refractivity contribution in [2.24, 2.45) is 5.92 Å². The highest BCUT2D eigenvalue weighted by atomic mass is 19.1. The average Bonchev–Trinajstić information content (AvgIpc) is 2.74. The second-order valence-electron chi connectivity index (χ2n) is 5.55. The number of hydrogen-bond acceptors (Lipinski definition) is 2. The third kappa shape index (κ3) is 3.90. The van der Waals surface area contributed by atoms with Crippen LogP contribution in [-0.4, -0.2) is 22.2 Å². The number of halogens is 2. The Labute approximate surface area is 128 Å². The van der Waals surface area contributed by atoms with Crippen molar-refractivity contribution >= 4 is 5.91 Å². The van der Waals surface area contributed by atoms with Crippen LogP contribution in [0.25, 0.3) is 0 Å². The molecule has 1 unspecified atom stereocenters. The summed E-state index contributed by atoms with van der Waals surface area (Å²) in [4.78, 5) is 11.9. The minimum absolute atomic E-state index is 0.130. The summed E-state index contributed by atoms with van der Waals surface area (Å²) in [6, 6.07) is 4.90. The summed E-state index contributed by atoms with van der Waals surface area (Å²) in [5.74, 6) is -1.97. The van der Waals surface area contributed by atoms with Gasteiger partial charge in [0.25, 0.3) is 5.91 Å². The maximum atomic E-state index is 13.5. The molecule has 1 atom stereocenters. The molecule has 0 spiro atoms. The predicted octanol–water partition coefficient (Wildman–Crippen LogP) is 2.84. The molecule has 22 heavy (non-hydrogen) atoms. The molecule has 0 radical (unpaired) electrons. The van der Waals surface area contributed by atoms with Gasteiger partial charge in [0.15, 0.2) is 0 Å². The lowest BCUT2D eigenvalue weighted by molar-refractivity contribution is 0.0942. The monoisotopic (exact) mass is 307 g/mol. The summed E-state index contributed by atoms with van der Waals surface area (Å²) in [5.41, 5.74) is 1.85. The molecule has 0 saturated heterocycles. The molecular formula is C16H19F2N3O. The molecule has 1 amide bonds. The number of rotatable bonds is 5. The highest BCUT2D eigenvalue weighted by Crippen LogP contribution is 2.10. The van der Waals surface area contributed by atoms with Crippen LogP contribution in [0, 0.1) is 31.4 Å². The van der Waals surface area contributed by atoms with Crippen LogP contribution in [0.1, 0.15) is 28.7 Å². The van der Waals surface area contributed by atoms with Crippen molar-refractivity contribution < 1.29 is 13.6 Å². The van der Waals surface area contributed by atoms with E-state index in [0.717, 1.165) is 23.5 Å². The number of aryl methyl sites for hydroxylation is 2. The first-order chi connectivity index (χ1) is 10.4. The Morgan fingerprint density at radius 3 is 2.64 bits per heavy atom. The lowest BCUT2D eigenvalue weighted by Gasteiger charge is -2.14. The van der Waals surface area contributed by atoms with E-state index in [4.69, 9.17) is 0 Å². The van der Waals surface area contributed by atoms with E-state index >= 15 is 0 Å². The Kier molecular flexibility index (Phi) is 4.90. The van der Waals surface area contributed by atoms with E-state index in [9.17, 15) is 13.6 Å². The van der Waals surface area contributed by atoms with E-state index < -0.39 is 17.5 Å². The van der Waals surface area contributed by atoms with E-state index in [0.29, 0.717) is 19.2 Å². The van der Waals surface area contributed by atoms with Crippen molar-refractivity contribution in [3.05, 3.63) is 52.9 Å². The van der Waals surface area contributed by atoms with Gasteiger partial charge in [-0.2, -0.15) is 5.10 Å². The number of hydrogen-bond donors (Lipinski definition) is 1. The van der Waals surface area contributed by atoms with E-state index in [1.54, 1.807) is 0 Å². The Hall–Kier alpha value is -2.24. The SMILES string of the molecule is Cc1cc(C)n(CC(C)CNC(=O)c2ccc(F)cc2F)n1. The Morgan fingerprint density at radius 2 is 2.05 bits per heavy atom. The Morgan fingerprint density at radius 1 is 1.32 bits per heavy atom. The van der Waals surface area contributed by atoms with Gasteiger partial charge in [0.05, 0.1) is 11.3 Å². The van der Waals surface area contributed by atoms with Crippen molar-refractivity contribution in [1.82, 2.24) is 15.1 Å². The molecule has 1 heterocycles. The molecule has 0 aliphatic rings. The molecule has 4 nitrogen and oxygen atoms in total. The maximum Gasteiger partial charge on any atom is 0.254 e. The summed E-state index contributed by atoms with van der Waals surface area (Å²) in [6.07, 6.45) is 0. The molecule has 0 aliphatic carbocycles. The van der Waals surface area contributed by atoms with Crippen molar-refractivity contribution in [2.75, 3.05) is 6.54 Å². The van der Waals surface area contributed by atoms with Gasteiger partial charge >= 0.3 is 0 Å². The van der Waals surface area contributed by atoms with Crippen molar-refractivity contribution in [2.45, 2.75) is 27.3 Å². The van der Waals surface area contributed by atoms with Crippen LogP contribution < -0.4 is 5.32 Å². The van der Waals surface area contributed by atoms with Crippen molar-refractivity contribution in [3.63, 3.8) is 0 Å². The summed E-state index contributed by atoms with van der Waals surface area (Å²) in [5, 5.41) is 7.02. The second-order valence-corrected chi connectivity index (χ2v) is 5.55. The molecule has 0 bridgehead atoms. The van der Waals surface area contributed by atoms with Gasteiger partial charge in [0.1, 0.15) is 11.6 Å². The maximum absolute atomic E-state index is 13.5. The predicted molar refractivity (Wildman–Crippen MR) is 79.6 cm³/mol. The van der Waals surface area contributed by atoms with Gasteiger partial charge in [0, 0.05) is 24.8 Å². The minimum atomic E-state index is -0.858. The zero-order valence-electron chi connectivity index (χ0n) is 12.9. The summed E-state index contributed by atoms with van der Waals surface area (Å²) in [6.45, 7) is 6.91. The van der Waals surface area contributed by atoms with Gasteiger partial charge in [-0.25, -0.2) is 8.78 Å². The normalized spacial score (nSPS) is 12.2. The first-order valence-electron chi connectivity index (χ1n) is 7.11. The fourth-order valence-corrected chi connectivity index (χ4v) is 2.26. The highest BCUT2D eigenvalue weighted by Gasteiger charge is 2.14. The van der Waals surface area contributed by atoms with Gasteiger partial charge in [-0.3, -0.25) is 9.48 Å². The number of nitrogens with one attached hydrogen (secondary N) is 1. The number of carbonyl (C=O) groups is 1. The molecule has 6 heteroatoms. The molecule has 1 aromatic carbocycles. The summed E-state index contributed by atoms with van der Waals surface area (Å²) < 4.78 is 28.2. The number of aromatic nitrogens is 2. The van der Waals surface area contributed by atoms with E-state index in [1.807, 2.05) is 31.5 Å². The molecule has 1 aromatic heterocycles. The number of benzene rings is 1. The molecule has 1 N–H and O–H groups in total. The quantitative estimate of drug-likeness (QED) is 0.923. The van der Waals surface area contributed by atoms with Crippen LogP contribution in [0.4, 0.5) is 8.78 Å². The van der Waals surface area contributed by atoms with Crippen LogP contribution in [0.5, 0.6) is 0 Å². The lowest BCUT2D eigenvalue weighted by Crippen LogP contribution is -2.31. The zero-order chi connectivity index (χ0) is 16.3. The second kappa shape index (κ2) is 6.68. The van der Waals surface area contributed by atoms with Crippen molar-refractivity contribution in [1.29, 1.82) is 0 Å². The summed E-state index contributed by atoms with van der Waals surface area (Å²) >= 11 is 0. The lowest BCUT2D eigenvalue weighted by atomic mass is 10.1. The van der Waals surface area contributed by atoms with Crippen LogP contribution >= 0.6 is 0 Å². The van der Waals surface area contributed by atoms with E-state index in [1.165, 1.54) is 0 Å². The zero-order valence-corrected chi connectivity index (χ0v) is 12.9. The highest BCUT2D eigenvalue weighted by molar-refractivity contribution is 5.94. The molecule has 0 saturated carbocycles. The third-order valence-electron chi connectivity index (χ3n) is 3.37. The Bertz CT molecular complexity index is 682. The average molecular weight is 307 g/mol. The van der Waals surface area contributed by atoms with Gasteiger partial charge < -0.3 is 5.32 Å². The van der Waals surface area contributed by atoms with Crippen LogP contribution in [0.2, 0.25) is 0 Å². The molecule has 2 aromatic rings. The topological polar surface area (TPSA) is 46.9 Å². The molecule has 2 rings (SSSR count). The molecular weight excluding hydrogens is 288 g/mol. The molecule has 0 aliphatic heterocycles.